The van der Waals surface area contributed by atoms with Gasteiger partial charge in [0.15, 0.2) is 0 Å². The number of aliphatic hydroxyl groups is 1. The summed E-state index contributed by atoms with van der Waals surface area (Å²) in [6.07, 6.45) is 1.56. The first-order valence-corrected chi connectivity index (χ1v) is 12.5. The van der Waals surface area contributed by atoms with Gasteiger partial charge in [-0.2, -0.15) is 0 Å². The van der Waals surface area contributed by atoms with Gasteiger partial charge >= 0.3 is 0 Å². The zero-order chi connectivity index (χ0) is 24.7. The second kappa shape index (κ2) is 9.45. The molecule has 9 heteroatoms. The molecular weight excluding hydrogens is 489 g/mol. The van der Waals surface area contributed by atoms with Gasteiger partial charge in [0.25, 0.3) is 11.5 Å². The van der Waals surface area contributed by atoms with Crippen molar-refractivity contribution in [1.29, 1.82) is 0 Å². The molecule has 1 saturated heterocycles. The van der Waals surface area contributed by atoms with Crippen molar-refractivity contribution in [1.82, 2.24) is 9.47 Å². The number of hydrogen-bond donors (Lipinski definition) is 2. The molecule has 6 nitrogen and oxygen atoms in total. The number of nitrogens with zero attached hydrogens (tertiary/aromatic N) is 2. The third-order valence-electron chi connectivity index (χ3n) is 6.30. The number of anilines is 2. The number of pyridine rings is 1. The maximum Gasteiger partial charge on any atom is 0.266 e. The number of likely N-dealkylation sites (tertiary alicyclic amines) is 1. The van der Waals surface area contributed by atoms with Crippen LogP contribution in [-0.4, -0.2) is 39.7 Å². The summed E-state index contributed by atoms with van der Waals surface area (Å²) in [5, 5.41) is 14.3. The summed E-state index contributed by atoms with van der Waals surface area (Å²) >= 11 is 7.27. The Morgan fingerprint density at radius 1 is 1.20 bits per heavy atom. The number of halogens is 2. The first kappa shape index (κ1) is 23.5. The van der Waals surface area contributed by atoms with E-state index >= 15 is 0 Å². The van der Waals surface area contributed by atoms with Crippen LogP contribution in [0.5, 0.6) is 0 Å². The minimum Gasteiger partial charge on any atom is -0.394 e. The summed E-state index contributed by atoms with van der Waals surface area (Å²) in [6.45, 7) is 2.12. The van der Waals surface area contributed by atoms with Crippen molar-refractivity contribution in [2.45, 2.75) is 25.8 Å². The van der Waals surface area contributed by atoms with Crippen LogP contribution in [0, 0.1) is 12.7 Å². The van der Waals surface area contributed by atoms with Gasteiger partial charge in [-0.15, -0.1) is 11.3 Å². The Hall–Kier alpha value is -3.20. The van der Waals surface area contributed by atoms with Gasteiger partial charge < -0.3 is 15.3 Å². The molecule has 0 spiro atoms. The molecule has 1 amide bonds. The number of carbonyl (C=O) groups is 1. The fraction of sp³-hybridized carbons (Fsp3) is 0.231. The Morgan fingerprint density at radius 3 is 2.69 bits per heavy atom. The van der Waals surface area contributed by atoms with Crippen LogP contribution in [0.1, 0.15) is 28.1 Å². The number of nitrogens with one attached hydrogen (secondary N) is 1. The summed E-state index contributed by atoms with van der Waals surface area (Å²) in [6, 6.07) is 14.5. The van der Waals surface area contributed by atoms with Gasteiger partial charge in [-0.1, -0.05) is 11.6 Å². The summed E-state index contributed by atoms with van der Waals surface area (Å²) in [7, 11) is 0. The van der Waals surface area contributed by atoms with Gasteiger partial charge in [0.05, 0.1) is 24.0 Å². The molecule has 3 heterocycles. The molecule has 0 aliphatic carbocycles. The predicted molar refractivity (Wildman–Crippen MR) is 138 cm³/mol. The number of hydrogen-bond acceptors (Lipinski definition) is 5. The Bertz CT molecular complexity index is 1480. The molecule has 2 aromatic carbocycles. The van der Waals surface area contributed by atoms with Crippen LogP contribution in [-0.2, 0) is 0 Å². The van der Waals surface area contributed by atoms with E-state index in [1.54, 1.807) is 58.9 Å². The van der Waals surface area contributed by atoms with Crippen LogP contribution < -0.4 is 10.9 Å². The van der Waals surface area contributed by atoms with Gasteiger partial charge in [-0.25, -0.2) is 4.39 Å². The monoisotopic (exact) mass is 511 g/mol. The highest BCUT2D eigenvalue weighted by Crippen LogP contribution is 2.40. The van der Waals surface area contributed by atoms with E-state index in [2.05, 4.69) is 5.32 Å². The van der Waals surface area contributed by atoms with E-state index in [-0.39, 0.29) is 29.9 Å². The number of aromatic nitrogens is 1. The normalized spacial score (nSPS) is 15.7. The van der Waals surface area contributed by atoms with Gasteiger partial charge in [0.1, 0.15) is 15.5 Å². The number of fused-ring (bicyclic) bond motifs is 1. The van der Waals surface area contributed by atoms with Crippen molar-refractivity contribution < 1.29 is 14.3 Å². The molecule has 1 aliphatic rings. The molecule has 5 rings (SSSR count). The first-order chi connectivity index (χ1) is 16.9. The van der Waals surface area contributed by atoms with Crippen LogP contribution >= 0.6 is 22.9 Å². The van der Waals surface area contributed by atoms with Crippen molar-refractivity contribution in [3.05, 3.63) is 86.2 Å². The number of thiophene rings is 1. The molecular formula is C26H23ClFN3O3S. The lowest BCUT2D eigenvalue weighted by Crippen LogP contribution is -2.37. The number of aryl methyl sites for hydroxylation is 1. The number of amides is 1. The maximum absolute atomic E-state index is 13.9. The number of rotatable bonds is 5. The minimum atomic E-state index is -0.318. The molecule has 35 heavy (non-hydrogen) atoms. The Labute approximate surface area is 210 Å². The Morgan fingerprint density at radius 2 is 1.97 bits per heavy atom. The van der Waals surface area contributed by atoms with Crippen molar-refractivity contribution in [3.63, 3.8) is 0 Å². The molecule has 2 N–H and O–H groups in total. The topological polar surface area (TPSA) is 74.6 Å². The second-order valence-electron chi connectivity index (χ2n) is 8.57. The fourth-order valence-electron chi connectivity index (χ4n) is 4.48. The van der Waals surface area contributed by atoms with E-state index in [0.29, 0.717) is 49.3 Å². The van der Waals surface area contributed by atoms with Crippen molar-refractivity contribution in [3.8, 4) is 5.69 Å². The Balaban J connectivity index is 1.71. The Kier molecular flexibility index (Phi) is 6.35. The summed E-state index contributed by atoms with van der Waals surface area (Å²) in [5.41, 5.74) is 2.04. The lowest BCUT2D eigenvalue weighted by Gasteiger charge is -2.23. The largest absolute Gasteiger partial charge is 0.394 e. The van der Waals surface area contributed by atoms with E-state index in [1.807, 2.05) is 0 Å². The molecule has 1 fully saturated rings. The zero-order valence-electron chi connectivity index (χ0n) is 18.9. The number of aliphatic hydroxyl groups excluding tert-OH is 1. The summed E-state index contributed by atoms with van der Waals surface area (Å²) in [5.74, 6) is -0.527. The van der Waals surface area contributed by atoms with Crippen LogP contribution in [0.25, 0.3) is 15.9 Å². The average molecular weight is 512 g/mol. The maximum atomic E-state index is 13.9. The van der Waals surface area contributed by atoms with Crippen LogP contribution in [0.2, 0.25) is 5.02 Å². The molecule has 1 atom stereocenters. The van der Waals surface area contributed by atoms with E-state index < -0.39 is 0 Å². The quantitative estimate of drug-likeness (QED) is 0.371. The SMILES string of the molecule is Cc1cc(Nc2c(C(=O)N3CCC[C@@H]3CO)sc3c2ccc(=O)n3-c2ccc(Cl)cc2)ccc1F. The van der Waals surface area contributed by atoms with E-state index in [0.717, 1.165) is 12.8 Å². The third-order valence-corrected chi connectivity index (χ3v) is 7.73. The highest BCUT2D eigenvalue weighted by molar-refractivity contribution is 7.21. The van der Waals surface area contributed by atoms with Crippen LogP contribution in [0.15, 0.2) is 59.4 Å². The molecule has 180 valence electrons. The van der Waals surface area contributed by atoms with Crippen molar-refractivity contribution >= 4 is 50.4 Å². The summed E-state index contributed by atoms with van der Waals surface area (Å²) < 4.78 is 15.4. The van der Waals surface area contributed by atoms with Gasteiger partial charge in [-0.05, 0) is 73.9 Å². The molecule has 1 aliphatic heterocycles. The van der Waals surface area contributed by atoms with E-state index in [9.17, 15) is 19.1 Å². The zero-order valence-corrected chi connectivity index (χ0v) is 20.5. The number of carbonyl (C=O) groups excluding carboxylic acids is 1. The molecule has 0 bridgehead atoms. The average Bonchev–Trinajstić information content (AvgIpc) is 3.47. The van der Waals surface area contributed by atoms with Gasteiger partial charge in [-0.3, -0.25) is 14.2 Å². The van der Waals surface area contributed by atoms with Gasteiger partial charge in [0.2, 0.25) is 0 Å². The highest BCUT2D eigenvalue weighted by atomic mass is 35.5. The molecule has 0 radical (unpaired) electrons. The van der Waals surface area contributed by atoms with E-state index in [4.69, 9.17) is 11.6 Å². The number of benzene rings is 2. The predicted octanol–water partition coefficient (Wildman–Crippen LogP) is 5.49. The first-order valence-electron chi connectivity index (χ1n) is 11.3. The fourth-order valence-corrected chi connectivity index (χ4v) is 5.84. The third kappa shape index (κ3) is 4.33. The van der Waals surface area contributed by atoms with Crippen molar-refractivity contribution in [2.75, 3.05) is 18.5 Å². The molecule has 0 saturated carbocycles. The minimum absolute atomic E-state index is 0.105. The second-order valence-corrected chi connectivity index (χ2v) is 10.0. The molecule has 2 aromatic heterocycles. The van der Waals surface area contributed by atoms with Crippen LogP contribution in [0.4, 0.5) is 15.8 Å². The molecule has 0 unspecified atom stereocenters. The molecule has 4 aromatic rings. The van der Waals surface area contributed by atoms with E-state index in [1.165, 1.54) is 23.5 Å². The highest BCUT2D eigenvalue weighted by Gasteiger charge is 2.32. The lowest BCUT2D eigenvalue weighted by atomic mass is 10.1. The van der Waals surface area contributed by atoms with Crippen LogP contribution in [0.3, 0.4) is 0 Å². The standard InChI is InChI=1S/C26H23ClFN3O3S/c1-15-13-17(6-10-21(15)28)29-23-20-9-11-22(33)31(18-7-4-16(27)5-8-18)26(20)35-24(23)25(34)30-12-2-3-19(30)14-32/h4-11,13,19,29,32H,2-3,12,14H2,1H3/t19-/m1/s1. The summed E-state index contributed by atoms with van der Waals surface area (Å²) in [4.78, 5) is 29.4. The lowest BCUT2D eigenvalue weighted by molar-refractivity contribution is 0.0683. The van der Waals surface area contributed by atoms with Gasteiger partial charge in [0, 0.05) is 28.7 Å². The van der Waals surface area contributed by atoms with Crippen molar-refractivity contribution in [2.24, 2.45) is 0 Å². The smallest absolute Gasteiger partial charge is 0.266 e.